The maximum absolute atomic E-state index is 13.5. The molecule has 6 nitrogen and oxygen atoms in total. The summed E-state index contributed by atoms with van der Waals surface area (Å²) in [4.78, 5) is 33.2. The van der Waals surface area contributed by atoms with Crippen LogP contribution in [0.25, 0.3) is 0 Å². The standard InChI is InChI=1S/C21H25FN4O2/c1-25-12-5-11-23-19-10-3-8-18(24-19)9-4-13-26(15-20(25)27)21(28)16-6-2-7-17(22)14-16/h2-3,6-8,10,14H,4-5,9,11-13,15H2,1H3,(H,23,24). The van der Waals surface area contributed by atoms with E-state index in [1.807, 2.05) is 18.2 Å². The molecule has 2 bridgehead atoms. The van der Waals surface area contributed by atoms with Crippen molar-refractivity contribution >= 4 is 17.6 Å². The van der Waals surface area contributed by atoms with Crippen LogP contribution < -0.4 is 5.32 Å². The Morgan fingerprint density at radius 2 is 1.96 bits per heavy atom. The van der Waals surface area contributed by atoms with Gasteiger partial charge >= 0.3 is 0 Å². The number of rotatable bonds is 1. The number of pyridine rings is 1. The Bertz CT molecular complexity index is 843. The molecule has 2 amide bonds. The molecule has 1 aliphatic heterocycles. The lowest BCUT2D eigenvalue weighted by atomic mass is 10.1. The van der Waals surface area contributed by atoms with E-state index < -0.39 is 5.82 Å². The van der Waals surface area contributed by atoms with Gasteiger partial charge in [-0.05, 0) is 49.6 Å². The minimum atomic E-state index is -0.468. The van der Waals surface area contributed by atoms with Crippen molar-refractivity contribution in [1.82, 2.24) is 14.8 Å². The fourth-order valence-corrected chi connectivity index (χ4v) is 3.17. The second-order valence-corrected chi connectivity index (χ2v) is 6.95. The Kier molecular flexibility index (Phi) is 6.57. The highest BCUT2D eigenvalue weighted by molar-refractivity contribution is 5.96. The number of fused-ring (bicyclic) bond motifs is 2. The van der Waals surface area contributed by atoms with E-state index in [0.29, 0.717) is 32.5 Å². The first-order chi connectivity index (χ1) is 13.5. The molecule has 28 heavy (non-hydrogen) atoms. The van der Waals surface area contributed by atoms with Gasteiger partial charge in [-0.15, -0.1) is 0 Å². The number of anilines is 1. The zero-order valence-corrected chi connectivity index (χ0v) is 16.0. The fourth-order valence-electron chi connectivity index (χ4n) is 3.17. The van der Waals surface area contributed by atoms with Crippen LogP contribution in [0.1, 0.15) is 28.9 Å². The van der Waals surface area contributed by atoms with E-state index in [1.54, 1.807) is 18.0 Å². The molecule has 3 rings (SSSR count). The summed E-state index contributed by atoms with van der Waals surface area (Å²) in [5.74, 6) is -0.115. The van der Waals surface area contributed by atoms with E-state index in [0.717, 1.165) is 17.9 Å². The topological polar surface area (TPSA) is 65.5 Å². The lowest BCUT2D eigenvalue weighted by Gasteiger charge is -2.26. The molecule has 0 spiro atoms. The van der Waals surface area contributed by atoms with Crippen LogP contribution in [-0.4, -0.2) is 59.8 Å². The van der Waals surface area contributed by atoms with Crippen molar-refractivity contribution in [2.24, 2.45) is 0 Å². The van der Waals surface area contributed by atoms with Crippen LogP contribution in [0.15, 0.2) is 42.5 Å². The van der Waals surface area contributed by atoms with Crippen LogP contribution in [0.2, 0.25) is 0 Å². The van der Waals surface area contributed by atoms with Crippen molar-refractivity contribution in [1.29, 1.82) is 0 Å². The Morgan fingerprint density at radius 3 is 2.79 bits per heavy atom. The van der Waals surface area contributed by atoms with Gasteiger partial charge in [0.05, 0.1) is 0 Å². The Morgan fingerprint density at radius 1 is 1.14 bits per heavy atom. The molecule has 0 aliphatic carbocycles. The predicted molar refractivity (Wildman–Crippen MR) is 106 cm³/mol. The Hall–Kier alpha value is -2.96. The van der Waals surface area contributed by atoms with E-state index in [9.17, 15) is 14.0 Å². The van der Waals surface area contributed by atoms with Crippen molar-refractivity contribution in [2.75, 3.05) is 38.5 Å². The van der Waals surface area contributed by atoms with Gasteiger partial charge in [-0.1, -0.05) is 12.1 Å². The number of nitrogens with zero attached hydrogens (tertiary/aromatic N) is 3. The third kappa shape index (κ3) is 5.28. The summed E-state index contributed by atoms with van der Waals surface area (Å²) >= 11 is 0. The number of benzene rings is 1. The zero-order chi connectivity index (χ0) is 19.9. The summed E-state index contributed by atoms with van der Waals surface area (Å²) in [6.07, 6.45) is 2.12. The molecule has 0 fully saturated rings. The number of hydrogen-bond acceptors (Lipinski definition) is 4. The molecule has 0 saturated heterocycles. The average Bonchev–Trinajstić information content (AvgIpc) is 2.69. The first kappa shape index (κ1) is 19.8. The monoisotopic (exact) mass is 384 g/mol. The number of halogens is 1. The molecule has 0 saturated carbocycles. The van der Waals surface area contributed by atoms with Crippen LogP contribution in [0, 0.1) is 5.82 Å². The van der Waals surface area contributed by atoms with Crippen LogP contribution >= 0.6 is 0 Å². The maximum atomic E-state index is 13.5. The van der Waals surface area contributed by atoms with Gasteiger partial charge < -0.3 is 15.1 Å². The number of aromatic nitrogens is 1. The molecular weight excluding hydrogens is 359 g/mol. The normalized spacial score (nSPS) is 16.3. The van der Waals surface area contributed by atoms with E-state index >= 15 is 0 Å². The molecule has 1 aromatic carbocycles. The first-order valence-corrected chi connectivity index (χ1v) is 9.51. The average molecular weight is 384 g/mol. The minimum absolute atomic E-state index is 0.0211. The molecule has 7 heteroatoms. The largest absolute Gasteiger partial charge is 0.370 e. The number of likely N-dealkylation sites (N-methyl/N-ethyl adjacent to an activating group) is 1. The van der Waals surface area contributed by atoms with Gasteiger partial charge in [0, 0.05) is 37.9 Å². The van der Waals surface area contributed by atoms with Crippen LogP contribution in [0.4, 0.5) is 10.2 Å². The van der Waals surface area contributed by atoms with Crippen molar-refractivity contribution in [3.63, 3.8) is 0 Å². The molecule has 2 aromatic rings. The van der Waals surface area contributed by atoms with Gasteiger partial charge in [-0.3, -0.25) is 9.59 Å². The van der Waals surface area contributed by atoms with Gasteiger partial charge in [0.2, 0.25) is 5.91 Å². The third-order valence-corrected chi connectivity index (χ3v) is 4.75. The quantitative estimate of drug-likeness (QED) is 0.821. The van der Waals surface area contributed by atoms with Gasteiger partial charge in [0.1, 0.15) is 18.2 Å². The highest BCUT2D eigenvalue weighted by Gasteiger charge is 2.21. The van der Waals surface area contributed by atoms with Crippen molar-refractivity contribution < 1.29 is 14.0 Å². The first-order valence-electron chi connectivity index (χ1n) is 9.51. The minimum Gasteiger partial charge on any atom is -0.370 e. The van der Waals surface area contributed by atoms with E-state index in [4.69, 9.17) is 0 Å². The second-order valence-electron chi connectivity index (χ2n) is 6.95. The van der Waals surface area contributed by atoms with Gasteiger partial charge in [0.25, 0.3) is 5.91 Å². The molecule has 148 valence electrons. The molecule has 2 heterocycles. The third-order valence-electron chi connectivity index (χ3n) is 4.75. The molecular formula is C21H25FN4O2. The van der Waals surface area contributed by atoms with E-state index in [-0.39, 0.29) is 23.9 Å². The number of nitrogens with one attached hydrogen (secondary N) is 1. The summed E-state index contributed by atoms with van der Waals surface area (Å²) < 4.78 is 13.5. The van der Waals surface area contributed by atoms with Crippen molar-refractivity contribution in [3.05, 3.63) is 59.5 Å². The van der Waals surface area contributed by atoms with Crippen molar-refractivity contribution in [2.45, 2.75) is 19.3 Å². The molecule has 0 atom stereocenters. The number of carbonyl (C=O) groups is 2. The molecule has 0 radical (unpaired) electrons. The molecule has 0 unspecified atom stereocenters. The highest BCUT2D eigenvalue weighted by atomic mass is 19.1. The summed E-state index contributed by atoms with van der Waals surface area (Å²) in [7, 11) is 1.73. The fraction of sp³-hybridized carbons (Fsp3) is 0.381. The SMILES string of the molecule is CN1CCCNc2cccc(n2)CCCN(C(=O)c2cccc(F)c2)CC1=O. The van der Waals surface area contributed by atoms with E-state index in [2.05, 4.69) is 10.3 Å². The summed E-state index contributed by atoms with van der Waals surface area (Å²) in [6.45, 7) is 1.66. The number of hydrogen-bond donors (Lipinski definition) is 1. The summed E-state index contributed by atoms with van der Waals surface area (Å²) in [6, 6.07) is 11.4. The van der Waals surface area contributed by atoms with Gasteiger partial charge in [-0.25, -0.2) is 9.37 Å². The number of carbonyl (C=O) groups excluding carboxylic acids is 2. The lowest BCUT2D eigenvalue weighted by Crippen LogP contribution is -2.42. The molecule has 1 N–H and O–H groups in total. The Balaban J connectivity index is 1.79. The van der Waals surface area contributed by atoms with Gasteiger partial charge in [-0.2, -0.15) is 0 Å². The molecule has 1 aliphatic rings. The number of aryl methyl sites for hydroxylation is 1. The zero-order valence-electron chi connectivity index (χ0n) is 16.0. The maximum Gasteiger partial charge on any atom is 0.254 e. The molecule has 1 aromatic heterocycles. The number of amides is 2. The summed E-state index contributed by atoms with van der Waals surface area (Å²) in [5.41, 5.74) is 1.18. The van der Waals surface area contributed by atoms with Crippen LogP contribution in [-0.2, 0) is 11.2 Å². The highest BCUT2D eigenvalue weighted by Crippen LogP contribution is 2.12. The predicted octanol–water partition coefficient (Wildman–Crippen LogP) is 2.57. The van der Waals surface area contributed by atoms with E-state index in [1.165, 1.54) is 23.1 Å². The van der Waals surface area contributed by atoms with Crippen LogP contribution in [0.3, 0.4) is 0 Å². The smallest absolute Gasteiger partial charge is 0.254 e. The second kappa shape index (κ2) is 9.30. The Labute approximate surface area is 164 Å². The summed E-state index contributed by atoms with van der Waals surface area (Å²) in [5, 5.41) is 3.28. The van der Waals surface area contributed by atoms with Crippen LogP contribution in [0.5, 0.6) is 0 Å². The van der Waals surface area contributed by atoms with Crippen molar-refractivity contribution in [3.8, 4) is 0 Å². The lowest BCUT2D eigenvalue weighted by molar-refractivity contribution is -0.130. The van der Waals surface area contributed by atoms with Gasteiger partial charge in [0.15, 0.2) is 0 Å².